The largest absolute Gasteiger partial charge is 0.497 e. The highest BCUT2D eigenvalue weighted by Crippen LogP contribution is 2.31. The van der Waals surface area contributed by atoms with E-state index in [-0.39, 0.29) is 5.91 Å². The number of ether oxygens (including phenoxy) is 2. The Morgan fingerprint density at radius 3 is 2.48 bits per heavy atom. The number of nitrogens with zero attached hydrogens (tertiary/aromatic N) is 2. The van der Waals surface area contributed by atoms with Crippen molar-refractivity contribution in [3.8, 4) is 22.6 Å². The van der Waals surface area contributed by atoms with Crippen LogP contribution in [0.3, 0.4) is 0 Å². The van der Waals surface area contributed by atoms with Gasteiger partial charge in [-0.3, -0.25) is 9.48 Å². The fourth-order valence-electron chi connectivity index (χ4n) is 3.40. The molecule has 0 aliphatic rings. The molecule has 0 fully saturated rings. The Morgan fingerprint density at radius 2 is 1.77 bits per heavy atom. The minimum Gasteiger partial charge on any atom is -0.497 e. The molecule has 0 spiro atoms. The molecule has 0 radical (unpaired) electrons. The van der Waals surface area contributed by atoms with Crippen molar-refractivity contribution in [1.29, 1.82) is 0 Å². The summed E-state index contributed by atoms with van der Waals surface area (Å²) in [7, 11) is 3.15. The van der Waals surface area contributed by atoms with Crippen LogP contribution in [0, 0.1) is 0 Å². The maximum absolute atomic E-state index is 13.1. The topological polar surface area (TPSA) is 65.4 Å². The van der Waals surface area contributed by atoms with Gasteiger partial charge >= 0.3 is 0 Å². The van der Waals surface area contributed by atoms with Crippen LogP contribution in [-0.4, -0.2) is 29.9 Å². The Hall–Kier alpha value is -4.06. The molecule has 3 aromatic carbocycles. The third-order valence-electron chi connectivity index (χ3n) is 5.00. The number of benzene rings is 3. The van der Waals surface area contributed by atoms with E-state index < -0.39 is 0 Å². The number of carbonyl (C=O) groups excluding carboxylic acids is 1. The third-order valence-corrected chi connectivity index (χ3v) is 5.00. The minimum absolute atomic E-state index is 0.209. The van der Waals surface area contributed by atoms with E-state index in [2.05, 4.69) is 22.5 Å². The second kappa shape index (κ2) is 9.17. The van der Waals surface area contributed by atoms with Crippen molar-refractivity contribution in [3.63, 3.8) is 0 Å². The molecule has 0 unspecified atom stereocenters. The average molecular weight is 413 g/mol. The Labute approximate surface area is 181 Å². The molecule has 6 heteroatoms. The van der Waals surface area contributed by atoms with E-state index >= 15 is 0 Å². The Balaban J connectivity index is 1.58. The highest BCUT2D eigenvalue weighted by atomic mass is 16.5. The number of rotatable bonds is 7. The number of nitrogens with one attached hydrogen (secondary N) is 1. The van der Waals surface area contributed by atoms with Crippen LogP contribution in [0.25, 0.3) is 11.1 Å². The maximum atomic E-state index is 13.1. The average Bonchev–Trinajstić information content (AvgIpc) is 3.33. The predicted octanol–water partition coefficient (Wildman–Crippen LogP) is 4.87. The summed E-state index contributed by atoms with van der Waals surface area (Å²) in [5.41, 5.74) is 4.13. The van der Waals surface area contributed by atoms with Crippen LogP contribution in [0.15, 0.2) is 85.2 Å². The number of hydrogen-bond donors (Lipinski definition) is 1. The summed E-state index contributed by atoms with van der Waals surface area (Å²) in [6.45, 7) is 0.701. The van der Waals surface area contributed by atoms with Gasteiger partial charge in [0.15, 0.2) is 0 Å². The van der Waals surface area contributed by atoms with Crippen LogP contribution < -0.4 is 14.8 Å². The summed E-state index contributed by atoms with van der Waals surface area (Å²) in [5, 5.41) is 7.19. The first kappa shape index (κ1) is 20.2. The van der Waals surface area contributed by atoms with Crippen molar-refractivity contribution in [2.24, 2.45) is 0 Å². The van der Waals surface area contributed by atoms with E-state index in [4.69, 9.17) is 9.47 Å². The van der Waals surface area contributed by atoms with Crippen molar-refractivity contribution >= 4 is 11.6 Å². The van der Waals surface area contributed by atoms with Gasteiger partial charge in [0.1, 0.15) is 11.5 Å². The van der Waals surface area contributed by atoms with Gasteiger partial charge in [-0.2, -0.15) is 5.10 Å². The number of amides is 1. The fourth-order valence-corrected chi connectivity index (χ4v) is 3.40. The number of anilines is 1. The molecule has 0 saturated heterocycles. The molecular formula is C25H23N3O3. The van der Waals surface area contributed by atoms with Crippen molar-refractivity contribution in [1.82, 2.24) is 9.78 Å². The minimum atomic E-state index is -0.209. The molecule has 1 aromatic heterocycles. The quantitative estimate of drug-likeness (QED) is 0.470. The van der Waals surface area contributed by atoms with Gasteiger partial charge in [-0.15, -0.1) is 0 Å². The molecule has 31 heavy (non-hydrogen) atoms. The van der Waals surface area contributed by atoms with Gasteiger partial charge in [-0.1, -0.05) is 42.5 Å². The smallest absolute Gasteiger partial charge is 0.256 e. The lowest BCUT2D eigenvalue weighted by atomic mass is 9.98. The van der Waals surface area contributed by atoms with Crippen LogP contribution in [0.1, 0.15) is 15.9 Å². The predicted molar refractivity (Wildman–Crippen MR) is 121 cm³/mol. The van der Waals surface area contributed by atoms with Gasteiger partial charge < -0.3 is 14.8 Å². The zero-order valence-corrected chi connectivity index (χ0v) is 17.4. The molecular weight excluding hydrogens is 390 g/mol. The third kappa shape index (κ3) is 4.59. The molecule has 1 heterocycles. The number of methoxy groups -OCH3 is 2. The zero-order chi connectivity index (χ0) is 21.6. The second-order valence-electron chi connectivity index (χ2n) is 6.97. The zero-order valence-electron chi connectivity index (χ0n) is 17.4. The standard InChI is InChI=1S/C25H23N3O3/c1-30-20-12-13-23(24(16-20)31-2)27-25(29)22-7-4-3-6-21(22)19-10-8-18(9-11-19)17-28-15-5-14-26-28/h3-16H,17H2,1-2H3,(H,27,29). The number of aromatic nitrogens is 2. The molecule has 6 nitrogen and oxygen atoms in total. The summed E-state index contributed by atoms with van der Waals surface area (Å²) in [6.07, 6.45) is 3.70. The maximum Gasteiger partial charge on any atom is 0.256 e. The van der Waals surface area contributed by atoms with E-state index in [0.29, 0.717) is 29.3 Å². The molecule has 0 aliphatic heterocycles. The lowest BCUT2D eigenvalue weighted by Gasteiger charge is -2.14. The van der Waals surface area contributed by atoms with E-state index in [9.17, 15) is 4.79 Å². The van der Waals surface area contributed by atoms with Gasteiger partial charge in [-0.05, 0) is 41.0 Å². The summed E-state index contributed by atoms with van der Waals surface area (Å²) >= 11 is 0. The number of hydrogen-bond acceptors (Lipinski definition) is 4. The monoisotopic (exact) mass is 413 g/mol. The highest BCUT2D eigenvalue weighted by molar-refractivity contribution is 6.09. The van der Waals surface area contributed by atoms with Crippen molar-refractivity contribution in [2.45, 2.75) is 6.54 Å². The Morgan fingerprint density at radius 1 is 0.968 bits per heavy atom. The van der Waals surface area contributed by atoms with Crippen molar-refractivity contribution < 1.29 is 14.3 Å². The summed E-state index contributed by atoms with van der Waals surface area (Å²) in [5.74, 6) is 0.985. The van der Waals surface area contributed by atoms with Gasteiger partial charge in [0, 0.05) is 24.0 Å². The van der Waals surface area contributed by atoms with E-state index in [0.717, 1.165) is 16.7 Å². The van der Waals surface area contributed by atoms with Crippen molar-refractivity contribution in [3.05, 3.63) is 96.3 Å². The van der Waals surface area contributed by atoms with Gasteiger partial charge in [-0.25, -0.2) is 0 Å². The fraction of sp³-hybridized carbons (Fsp3) is 0.120. The molecule has 156 valence electrons. The molecule has 1 amide bonds. The summed E-state index contributed by atoms with van der Waals surface area (Å²) in [6, 6.07) is 22.9. The van der Waals surface area contributed by atoms with Crippen LogP contribution >= 0.6 is 0 Å². The van der Waals surface area contributed by atoms with E-state index in [1.54, 1.807) is 38.6 Å². The lowest BCUT2D eigenvalue weighted by molar-refractivity contribution is 0.102. The summed E-state index contributed by atoms with van der Waals surface area (Å²) < 4.78 is 12.5. The van der Waals surface area contributed by atoms with Crippen LogP contribution in [-0.2, 0) is 6.54 Å². The summed E-state index contributed by atoms with van der Waals surface area (Å²) in [4.78, 5) is 13.1. The molecule has 4 rings (SSSR count). The first-order chi connectivity index (χ1) is 15.2. The molecule has 1 N–H and O–H groups in total. The van der Waals surface area contributed by atoms with Crippen LogP contribution in [0.5, 0.6) is 11.5 Å². The Kier molecular flexibility index (Phi) is 5.98. The van der Waals surface area contributed by atoms with Gasteiger partial charge in [0.05, 0.1) is 26.5 Å². The SMILES string of the molecule is COc1ccc(NC(=O)c2ccccc2-c2ccc(Cn3cccn3)cc2)c(OC)c1. The highest BCUT2D eigenvalue weighted by Gasteiger charge is 2.15. The van der Waals surface area contributed by atoms with Gasteiger partial charge in [0.2, 0.25) is 0 Å². The van der Waals surface area contributed by atoms with E-state index in [1.807, 2.05) is 53.3 Å². The molecule has 0 aliphatic carbocycles. The second-order valence-corrected chi connectivity index (χ2v) is 6.97. The van der Waals surface area contributed by atoms with Crippen molar-refractivity contribution in [2.75, 3.05) is 19.5 Å². The van der Waals surface area contributed by atoms with Crippen LogP contribution in [0.4, 0.5) is 5.69 Å². The molecule has 4 aromatic rings. The first-order valence-corrected chi connectivity index (χ1v) is 9.87. The van der Waals surface area contributed by atoms with Crippen LogP contribution in [0.2, 0.25) is 0 Å². The molecule has 0 saturated carbocycles. The lowest BCUT2D eigenvalue weighted by Crippen LogP contribution is -2.14. The van der Waals surface area contributed by atoms with Gasteiger partial charge in [0.25, 0.3) is 5.91 Å². The molecule has 0 bridgehead atoms. The molecule has 0 atom stereocenters. The normalized spacial score (nSPS) is 10.5. The number of carbonyl (C=O) groups is 1. The first-order valence-electron chi connectivity index (χ1n) is 9.87. The Bertz CT molecular complexity index is 1170. The van der Waals surface area contributed by atoms with E-state index in [1.165, 1.54) is 0 Å².